The SMILES string of the molecule is CC(=O)c1cccc(C(C)C(F)(F)F)c1. The van der Waals surface area contributed by atoms with Crippen LogP contribution < -0.4 is 0 Å². The normalized spacial score (nSPS) is 13.7. The first-order valence-corrected chi connectivity index (χ1v) is 4.50. The van der Waals surface area contributed by atoms with Crippen LogP contribution in [0.15, 0.2) is 24.3 Å². The molecule has 0 radical (unpaired) electrons. The van der Waals surface area contributed by atoms with Crippen molar-refractivity contribution < 1.29 is 18.0 Å². The minimum atomic E-state index is -4.27. The van der Waals surface area contributed by atoms with E-state index >= 15 is 0 Å². The van der Waals surface area contributed by atoms with Crippen molar-refractivity contribution in [3.05, 3.63) is 35.4 Å². The molecule has 1 unspecified atom stereocenters. The Morgan fingerprint density at radius 2 is 1.93 bits per heavy atom. The number of Topliss-reactive ketones (excluding diaryl/α,β-unsaturated/α-hetero) is 1. The highest BCUT2D eigenvalue weighted by Crippen LogP contribution is 2.34. The van der Waals surface area contributed by atoms with Crippen molar-refractivity contribution in [2.75, 3.05) is 0 Å². The molecule has 4 heteroatoms. The van der Waals surface area contributed by atoms with Crippen molar-refractivity contribution >= 4 is 5.78 Å². The van der Waals surface area contributed by atoms with E-state index in [0.29, 0.717) is 5.56 Å². The summed E-state index contributed by atoms with van der Waals surface area (Å²) in [6.07, 6.45) is -4.27. The number of rotatable bonds is 2. The van der Waals surface area contributed by atoms with Crippen molar-refractivity contribution in [1.82, 2.24) is 0 Å². The van der Waals surface area contributed by atoms with Gasteiger partial charge in [-0.05, 0) is 25.5 Å². The summed E-state index contributed by atoms with van der Waals surface area (Å²) in [5, 5.41) is 0. The smallest absolute Gasteiger partial charge is 0.295 e. The number of hydrogen-bond donors (Lipinski definition) is 0. The molecule has 0 aromatic heterocycles. The monoisotopic (exact) mass is 216 g/mol. The molecule has 0 amide bonds. The number of hydrogen-bond acceptors (Lipinski definition) is 1. The number of benzene rings is 1. The molecule has 0 N–H and O–H groups in total. The molecule has 0 spiro atoms. The molecule has 1 atom stereocenters. The molecule has 0 saturated heterocycles. The molecule has 1 aromatic carbocycles. The van der Waals surface area contributed by atoms with Crippen molar-refractivity contribution in [1.29, 1.82) is 0 Å². The van der Waals surface area contributed by atoms with Crippen LogP contribution in [0.3, 0.4) is 0 Å². The number of carbonyl (C=O) groups excluding carboxylic acids is 1. The van der Waals surface area contributed by atoms with Gasteiger partial charge in [-0.25, -0.2) is 0 Å². The molecule has 15 heavy (non-hydrogen) atoms. The van der Waals surface area contributed by atoms with E-state index in [1.54, 1.807) is 0 Å². The number of halogens is 3. The first-order chi connectivity index (χ1) is 6.82. The molecule has 0 aliphatic heterocycles. The molecule has 0 fully saturated rings. The highest BCUT2D eigenvalue weighted by Gasteiger charge is 2.36. The minimum Gasteiger partial charge on any atom is -0.295 e. The minimum absolute atomic E-state index is 0.121. The fraction of sp³-hybridized carbons (Fsp3) is 0.364. The fourth-order valence-electron chi connectivity index (χ4n) is 1.22. The molecule has 1 aromatic rings. The molecule has 1 rings (SSSR count). The lowest BCUT2D eigenvalue weighted by Gasteiger charge is -2.16. The summed E-state index contributed by atoms with van der Waals surface area (Å²) in [5.74, 6) is -1.77. The lowest BCUT2D eigenvalue weighted by molar-refractivity contribution is -0.146. The van der Waals surface area contributed by atoms with Crippen LogP contribution in [-0.4, -0.2) is 12.0 Å². The molecular formula is C11H11F3O. The molecular weight excluding hydrogens is 205 g/mol. The second-order valence-corrected chi connectivity index (χ2v) is 3.44. The molecule has 0 saturated carbocycles. The third kappa shape index (κ3) is 2.81. The third-order valence-electron chi connectivity index (χ3n) is 2.28. The highest BCUT2D eigenvalue weighted by molar-refractivity contribution is 5.94. The van der Waals surface area contributed by atoms with Gasteiger partial charge in [0.05, 0.1) is 5.92 Å². The van der Waals surface area contributed by atoms with E-state index in [-0.39, 0.29) is 11.3 Å². The molecule has 0 aliphatic rings. The Labute approximate surface area is 85.9 Å². The van der Waals surface area contributed by atoms with E-state index < -0.39 is 12.1 Å². The maximum absolute atomic E-state index is 12.4. The lowest BCUT2D eigenvalue weighted by atomic mass is 9.98. The third-order valence-corrected chi connectivity index (χ3v) is 2.28. The predicted octanol–water partition coefficient (Wildman–Crippen LogP) is 3.56. The van der Waals surface area contributed by atoms with E-state index in [4.69, 9.17) is 0 Å². The Balaban J connectivity index is 3.06. The molecule has 0 aliphatic carbocycles. The number of alkyl halides is 3. The van der Waals surface area contributed by atoms with E-state index in [0.717, 1.165) is 6.92 Å². The van der Waals surface area contributed by atoms with Gasteiger partial charge < -0.3 is 0 Å². The predicted molar refractivity (Wildman–Crippen MR) is 50.9 cm³/mol. The summed E-state index contributed by atoms with van der Waals surface area (Å²) in [7, 11) is 0. The van der Waals surface area contributed by atoms with Crippen molar-refractivity contribution in [2.45, 2.75) is 25.9 Å². The number of ketones is 1. The van der Waals surface area contributed by atoms with Crippen LogP contribution in [0.4, 0.5) is 13.2 Å². The summed E-state index contributed by atoms with van der Waals surface area (Å²) in [4.78, 5) is 11.0. The fourth-order valence-corrected chi connectivity index (χ4v) is 1.22. The van der Waals surface area contributed by atoms with Crippen LogP contribution in [-0.2, 0) is 0 Å². The van der Waals surface area contributed by atoms with Crippen LogP contribution in [0, 0.1) is 0 Å². The van der Waals surface area contributed by atoms with Gasteiger partial charge in [0.1, 0.15) is 0 Å². The first-order valence-electron chi connectivity index (χ1n) is 4.50. The molecule has 0 bridgehead atoms. The van der Waals surface area contributed by atoms with Gasteiger partial charge in [0.15, 0.2) is 5.78 Å². The molecule has 0 heterocycles. The van der Waals surface area contributed by atoms with Crippen LogP contribution >= 0.6 is 0 Å². The average Bonchev–Trinajstić information content (AvgIpc) is 2.15. The summed E-state index contributed by atoms with van der Waals surface area (Å²) in [6.45, 7) is 2.41. The lowest BCUT2D eigenvalue weighted by Crippen LogP contribution is -2.17. The van der Waals surface area contributed by atoms with E-state index in [2.05, 4.69) is 0 Å². The van der Waals surface area contributed by atoms with Crippen molar-refractivity contribution in [3.63, 3.8) is 0 Å². The van der Waals surface area contributed by atoms with Gasteiger partial charge in [0.2, 0.25) is 0 Å². The Kier molecular flexibility index (Phi) is 3.17. The van der Waals surface area contributed by atoms with Gasteiger partial charge in [-0.1, -0.05) is 18.2 Å². The zero-order chi connectivity index (χ0) is 11.6. The Morgan fingerprint density at radius 3 is 2.40 bits per heavy atom. The van der Waals surface area contributed by atoms with Gasteiger partial charge in [-0.2, -0.15) is 13.2 Å². The largest absolute Gasteiger partial charge is 0.395 e. The van der Waals surface area contributed by atoms with E-state index in [1.807, 2.05) is 0 Å². The van der Waals surface area contributed by atoms with Gasteiger partial charge in [-0.3, -0.25) is 4.79 Å². The maximum atomic E-state index is 12.4. The first kappa shape index (κ1) is 11.8. The molecule has 82 valence electrons. The van der Waals surface area contributed by atoms with Gasteiger partial charge in [-0.15, -0.1) is 0 Å². The highest BCUT2D eigenvalue weighted by atomic mass is 19.4. The Morgan fingerprint density at radius 1 is 1.33 bits per heavy atom. The zero-order valence-electron chi connectivity index (χ0n) is 8.43. The van der Waals surface area contributed by atoms with Crippen molar-refractivity contribution in [2.24, 2.45) is 0 Å². The zero-order valence-corrected chi connectivity index (χ0v) is 8.43. The standard InChI is InChI=1S/C11H11F3O/c1-7(11(12,13)14)9-4-3-5-10(6-9)8(2)15/h3-7H,1-2H3. The molecule has 1 nitrogen and oxygen atoms in total. The van der Waals surface area contributed by atoms with Gasteiger partial charge in [0.25, 0.3) is 0 Å². The summed E-state index contributed by atoms with van der Waals surface area (Å²) < 4.78 is 37.1. The second kappa shape index (κ2) is 4.04. The van der Waals surface area contributed by atoms with Gasteiger partial charge in [0, 0.05) is 5.56 Å². The Hall–Kier alpha value is -1.32. The van der Waals surface area contributed by atoms with Crippen molar-refractivity contribution in [3.8, 4) is 0 Å². The van der Waals surface area contributed by atoms with Gasteiger partial charge >= 0.3 is 6.18 Å². The average molecular weight is 216 g/mol. The van der Waals surface area contributed by atoms with E-state index in [9.17, 15) is 18.0 Å². The Bertz CT molecular complexity index is 368. The summed E-state index contributed by atoms with van der Waals surface area (Å²) >= 11 is 0. The maximum Gasteiger partial charge on any atom is 0.395 e. The number of carbonyl (C=O) groups is 1. The topological polar surface area (TPSA) is 17.1 Å². The van der Waals surface area contributed by atoms with Crippen LogP contribution in [0.2, 0.25) is 0 Å². The van der Waals surface area contributed by atoms with E-state index in [1.165, 1.54) is 31.2 Å². The second-order valence-electron chi connectivity index (χ2n) is 3.44. The van der Waals surface area contributed by atoms with Crippen LogP contribution in [0.25, 0.3) is 0 Å². The van der Waals surface area contributed by atoms with Crippen LogP contribution in [0.5, 0.6) is 0 Å². The summed E-state index contributed by atoms with van der Waals surface area (Å²) in [5.41, 5.74) is 0.429. The summed E-state index contributed by atoms with van der Waals surface area (Å²) in [6, 6.07) is 5.65. The van der Waals surface area contributed by atoms with Crippen LogP contribution in [0.1, 0.15) is 35.7 Å². The quantitative estimate of drug-likeness (QED) is 0.691.